The summed E-state index contributed by atoms with van der Waals surface area (Å²) in [5, 5.41) is 9.27. The maximum atomic E-state index is 13.0. The van der Waals surface area contributed by atoms with E-state index in [0.717, 1.165) is 24.3 Å². The summed E-state index contributed by atoms with van der Waals surface area (Å²) in [5.41, 5.74) is 0.931. The summed E-state index contributed by atoms with van der Waals surface area (Å²) in [6.07, 6.45) is 0.439. The fraction of sp³-hybridized carbons (Fsp3) is 0.538. The van der Waals surface area contributed by atoms with Gasteiger partial charge in [0.15, 0.2) is 0 Å². The Morgan fingerprint density at radius 1 is 1.59 bits per heavy atom. The molecule has 0 bridgehead atoms. The molecule has 1 N–H and O–H groups in total. The van der Waals surface area contributed by atoms with Crippen molar-refractivity contribution >= 4 is 0 Å². The fourth-order valence-electron chi connectivity index (χ4n) is 2.26. The second-order valence-corrected chi connectivity index (χ2v) is 4.77. The summed E-state index contributed by atoms with van der Waals surface area (Å²) in [6, 6.07) is 4.63. The van der Waals surface area contributed by atoms with Gasteiger partial charge in [-0.1, -0.05) is 0 Å². The lowest BCUT2D eigenvalue weighted by Crippen LogP contribution is -2.36. The number of aliphatic hydroxyl groups is 1. The maximum Gasteiger partial charge on any atom is 0.123 e. The molecule has 0 spiro atoms. The monoisotopic (exact) mass is 239 g/mol. The van der Waals surface area contributed by atoms with Crippen LogP contribution in [0.3, 0.4) is 0 Å². The molecule has 3 nitrogen and oxygen atoms in total. The van der Waals surface area contributed by atoms with Gasteiger partial charge in [-0.2, -0.15) is 0 Å². The third-order valence-corrected chi connectivity index (χ3v) is 2.85. The topological polar surface area (TPSA) is 32.7 Å². The molecule has 0 aliphatic carbocycles. The predicted octanol–water partition coefficient (Wildman–Crippen LogP) is 1.44. The third kappa shape index (κ3) is 3.17. The Morgan fingerprint density at radius 2 is 2.35 bits per heavy atom. The van der Waals surface area contributed by atoms with E-state index in [1.54, 1.807) is 13.0 Å². The lowest BCUT2D eigenvalue weighted by Gasteiger charge is -2.21. The molecule has 0 radical (unpaired) electrons. The number of hydrogen-bond donors (Lipinski definition) is 1. The zero-order chi connectivity index (χ0) is 12.4. The standard InChI is InChI=1S/C13H18FNO2/c1-9(16)7-15(2)8-12-6-10-5-11(14)3-4-13(10)17-12/h3-5,9,12,16H,6-8H2,1-2H3. The normalized spacial score (nSPS) is 20.2. The van der Waals surface area contributed by atoms with Gasteiger partial charge in [-0.25, -0.2) is 4.39 Å². The van der Waals surface area contributed by atoms with Gasteiger partial charge in [0, 0.05) is 25.1 Å². The van der Waals surface area contributed by atoms with Crippen molar-refractivity contribution in [2.45, 2.75) is 25.6 Å². The number of ether oxygens (including phenoxy) is 1. The van der Waals surface area contributed by atoms with Crippen molar-refractivity contribution in [1.29, 1.82) is 0 Å². The van der Waals surface area contributed by atoms with Crippen LogP contribution in [0.1, 0.15) is 12.5 Å². The van der Waals surface area contributed by atoms with Crippen LogP contribution in [0.25, 0.3) is 0 Å². The Bertz CT molecular complexity index is 395. The van der Waals surface area contributed by atoms with Crippen LogP contribution in [0.2, 0.25) is 0 Å². The summed E-state index contributed by atoms with van der Waals surface area (Å²) >= 11 is 0. The molecule has 0 fully saturated rings. The van der Waals surface area contributed by atoms with Crippen LogP contribution in [-0.2, 0) is 6.42 Å². The van der Waals surface area contributed by atoms with Gasteiger partial charge in [0.1, 0.15) is 17.7 Å². The molecule has 1 aromatic rings. The summed E-state index contributed by atoms with van der Waals surface area (Å²) in [6.45, 7) is 3.11. The number of rotatable bonds is 4. The van der Waals surface area contributed by atoms with Gasteiger partial charge in [0.25, 0.3) is 0 Å². The largest absolute Gasteiger partial charge is 0.488 e. The van der Waals surface area contributed by atoms with Crippen LogP contribution >= 0.6 is 0 Å². The van der Waals surface area contributed by atoms with Crippen molar-refractivity contribution in [2.75, 3.05) is 20.1 Å². The zero-order valence-corrected chi connectivity index (χ0v) is 10.2. The third-order valence-electron chi connectivity index (χ3n) is 2.85. The van der Waals surface area contributed by atoms with Gasteiger partial charge in [0.2, 0.25) is 0 Å². The summed E-state index contributed by atoms with van der Waals surface area (Å²) in [7, 11) is 1.94. The van der Waals surface area contributed by atoms with Crippen molar-refractivity contribution < 1.29 is 14.2 Å². The Morgan fingerprint density at radius 3 is 3.06 bits per heavy atom. The molecule has 1 aromatic carbocycles. The smallest absolute Gasteiger partial charge is 0.123 e. The molecule has 2 rings (SSSR count). The number of benzene rings is 1. The first-order valence-electron chi connectivity index (χ1n) is 5.86. The number of aliphatic hydroxyl groups excluding tert-OH is 1. The number of hydrogen-bond acceptors (Lipinski definition) is 3. The van der Waals surface area contributed by atoms with Crippen LogP contribution in [0.5, 0.6) is 5.75 Å². The van der Waals surface area contributed by atoms with Gasteiger partial charge in [-0.05, 0) is 32.2 Å². The Hall–Kier alpha value is -1.13. The summed E-state index contributed by atoms with van der Waals surface area (Å²) in [5.74, 6) is 0.562. The molecule has 94 valence electrons. The molecule has 1 aliphatic rings. The van der Waals surface area contributed by atoms with Crippen molar-refractivity contribution in [2.24, 2.45) is 0 Å². The molecule has 1 heterocycles. The quantitative estimate of drug-likeness (QED) is 0.863. The van der Waals surface area contributed by atoms with E-state index in [9.17, 15) is 9.50 Å². The van der Waals surface area contributed by atoms with Crippen molar-refractivity contribution in [3.63, 3.8) is 0 Å². The minimum Gasteiger partial charge on any atom is -0.488 e. The van der Waals surface area contributed by atoms with Crippen LogP contribution in [0.15, 0.2) is 18.2 Å². The van der Waals surface area contributed by atoms with Crippen LogP contribution in [0, 0.1) is 5.82 Å². The van der Waals surface area contributed by atoms with Crippen molar-refractivity contribution in [3.05, 3.63) is 29.6 Å². The van der Waals surface area contributed by atoms with E-state index in [2.05, 4.69) is 0 Å². The van der Waals surface area contributed by atoms with E-state index in [4.69, 9.17) is 4.74 Å². The summed E-state index contributed by atoms with van der Waals surface area (Å²) < 4.78 is 18.7. The average Bonchev–Trinajstić information content (AvgIpc) is 2.57. The predicted molar refractivity (Wildman–Crippen MR) is 63.7 cm³/mol. The van der Waals surface area contributed by atoms with Gasteiger partial charge in [-0.3, -0.25) is 0 Å². The minimum atomic E-state index is -0.346. The lowest BCUT2D eigenvalue weighted by molar-refractivity contribution is 0.110. The van der Waals surface area contributed by atoms with Crippen molar-refractivity contribution in [3.8, 4) is 5.75 Å². The number of fused-ring (bicyclic) bond motifs is 1. The Labute approximate surface area is 101 Å². The van der Waals surface area contributed by atoms with E-state index in [-0.39, 0.29) is 18.0 Å². The molecule has 2 unspecified atom stereocenters. The molecular weight excluding hydrogens is 221 g/mol. The van der Waals surface area contributed by atoms with E-state index in [0.29, 0.717) is 6.54 Å². The molecule has 0 amide bonds. The Balaban J connectivity index is 1.92. The molecule has 0 saturated heterocycles. The SMILES string of the molecule is CC(O)CN(C)CC1Cc2cc(F)ccc2O1. The first-order chi connectivity index (χ1) is 8.04. The highest BCUT2D eigenvalue weighted by molar-refractivity contribution is 5.37. The van der Waals surface area contributed by atoms with E-state index < -0.39 is 0 Å². The second-order valence-electron chi connectivity index (χ2n) is 4.77. The molecule has 0 saturated carbocycles. The molecule has 0 aromatic heterocycles. The maximum absolute atomic E-state index is 13.0. The Kier molecular flexibility index (Phi) is 3.64. The molecule has 2 atom stereocenters. The molecular formula is C13H18FNO2. The highest BCUT2D eigenvalue weighted by atomic mass is 19.1. The number of halogens is 1. The van der Waals surface area contributed by atoms with Gasteiger partial charge >= 0.3 is 0 Å². The molecule has 17 heavy (non-hydrogen) atoms. The van der Waals surface area contributed by atoms with Gasteiger partial charge in [-0.15, -0.1) is 0 Å². The van der Waals surface area contributed by atoms with E-state index in [1.807, 2.05) is 11.9 Å². The highest BCUT2D eigenvalue weighted by Gasteiger charge is 2.24. The fourth-order valence-corrected chi connectivity index (χ4v) is 2.26. The molecule has 4 heteroatoms. The lowest BCUT2D eigenvalue weighted by atomic mass is 10.1. The van der Waals surface area contributed by atoms with Crippen LogP contribution in [0.4, 0.5) is 4.39 Å². The number of likely N-dealkylation sites (N-methyl/N-ethyl adjacent to an activating group) is 1. The average molecular weight is 239 g/mol. The van der Waals surface area contributed by atoms with Crippen LogP contribution in [-0.4, -0.2) is 42.4 Å². The highest BCUT2D eigenvalue weighted by Crippen LogP contribution is 2.29. The number of nitrogens with zero attached hydrogens (tertiary/aromatic N) is 1. The second kappa shape index (κ2) is 5.02. The van der Waals surface area contributed by atoms with E-state index >= 15 is 0 Å². The first-order valence-corrected chi connectivity index (χ1v) is 5.86. The molecule has 1 aliphatic heterocycles. The van der Waals surface area contributed by atoms with Gasteiger partial charge < -0.3 is 14.7 Å². The zero-order valence-electron chi connectivity index (χ0n) is 10.2. The van der Waals surface area contributed by atoms with Gasteiger partial charge in [0.05, 0.1) is 6.10 Å². The first kappa shape index (κ1) is 12.3. The van der Waals surface area contributed by atoms with Crippen molar-refractivity contribution in [1.82, 2.24) is 4.90 Å². The van der Waals surface area contributed by atoms with Crippen LogP contribution < -0.4 is 4.74 Å². The minimum absolute atomic E-state index is 0.0514. The summed E-state index contributed by atoms with van der Waals surface area (Å²) in [4.78, 5) is 2.03. The van der Waals surface area contributed by atoms with E-state index in [1.165, 1.54) is 12.1 Å².